The molecule has 6 heteroatoms. The first-order valence-corrected chi connectivity index (χ1v) is 6.94. The summed E-state index contributed by atoms with van der Waals surface area (Å²) in [5, 5.41) is 0. The lowest BCUT2D eigenvalue weighted by Gasteiger charge is -2.06. The highest BCUT2D eigenvalue weighted by atomic mass is 35.7. The van der Waals surface area contributed by atoms with E-state index in [9.17, 15) is 12.8 Å². The Labute approximate surface area is 102 Å². The van der Waals surface area contributed by atoms with Crippen LogP contribution in [0.3, 0.4) is 0 Å². The average molecular weight is 272 g/mol. The van der Waals surface area contributed by atoms with Gasteiger partial charge in [0.1, 0.15) is 5.82 Å². The van der Waals surface area contributed by atoms with Gasteiger partial charge >= 0.3 is 0 Å². The third kappa shape index (κ3) is 2.62. The zero-order valence-electron chi connectivity index (χ0n) is 8.47. The lowest BCUT2D eigenvalue weighted by atomic mass is 10.1. The van der Waals surface area contributed by atoms with Crippen LogP contribution in [0.15, 0.2) is 47.6 Å². The van der Waals surface area contributed by atoms with Gasteiger partial charge in [0.2, 0.25) is 0 Å². The summed E-state index contributed by atoms with van der Waals surface area (Å²) in [6.45, 7) is 0. The van der Waals surface area contributed by atoms with Crippen molar-refractivity contribution in [3.63, 3.8) is 0 Å². The van der Waals surface area contributed by atoms with Crippen molar-refractivity contribution in [2.75, 3.05) is 0 Å². The minimum absolute atomic E-state index is 0.245. The van der Waals surface area contributed by atoms with Crippen LogP contribution in [0.1, 0.15) is 0 Å². The van der Waals surface area contributed by atoms with Gasteiger partial charge < -0.3 is 0 Å². The van der Waals surface area contributed by atoms with Gasteiger partial charge in [0.05, 0.1) is 4.90 Å². The summed E-state index contributed by atoms with van der Waals surface area (Å²) in [5.41, 5.74) is 0.961. The van der Waals surface area contributed by atoms with Gasteiger partial charge in [0, 0.05) is 28.6 Å². The van der Waals surface area contributed by atoms with E-state index in [0.29, 0.717) is 11.1 Å². The Kier molecular flexibility index (Phi) is 3.13. The van der Waals surface area contributed by atoms with Crippen LogP contribution in [0, 0.1) is 5.82 Å². The van der Waals surface area contributed by atoms with Crippen molar-refractivity contribution in [3.05, 3.63) is 48.5 Å². The summed E-state index contributed by atoms with van der Waals surface area (Å²) in [6.07, 6.45) is 3.03. The molecule has 0 aliphatic rings. The zero-order chi connectivity index (χ0) is 12.5. The summed E-state index contributed by atoms with van der Waals surface area (Å²) in [6, 6.07) is 6.71. The summed E-state index contributed by atoms with van der Waals surface area (Å²) in [4.78, 5) is 3.58. The minimum atomic E-state index is -3.99. The second-order valence-corrected chi connectivity index (χ2v) is 5.85. The topological polar surface area (TPSA) is 47.0 Å². The first-order chi connectivity index (χ1) is 7.98. The summed E-state index contributed by atoms with van der Waals surface area (Å²) in [5.74, 6) is -0.651. The van der Waals surface area contributed by atoms with Crippen molar-refractivity contribution >= 4 is 19.7 Å². The molecule has 17 heavy (non-hydrogen) atoms. The van der Waals surface area contributed by atoms with Gasteiger partial charge in [-0.3, -0.25) is 4.98 Å². The van der Waals surface area contributed by atoms with Gasteiger partial charge in [-0.25, -0.2) is 12.8 Å². The average Bonchev–Trinajstić information content (AvgIpc) is 2.29. The monoisotopic (exact) mass is 271 g/mol. The highest BCUT2D eigenvalue weighted by molar-refractivity contribution is 8.13. The van der Waals surface area contributed by atoms with E-state index in [-0.39, 0.29) is 4.90 Å². The van der Waals surface area contributed by atoms with E-state index in [2.05, 4.69) is 4.98 Å². The number of aromatic nitrogens is 1. The number of pyridine rings is 1. The van der Waals surface area contributed by atoms with Crippen LogP contribution in [0.4, 0.5) is 4.39 Å². The molecule has 2 rings (SSSR count). The quantitative estimate of drug-likeness (QED) is 0.789. The Hall–Kier alpha value is -1.46. The Bertz CT molecular complexity index is 644. The van der Waals surface area contributed by atoms with Crippen molar-refractivity contribution in [1.82, 2.24) is 4.98 Å². The van der Waals surface area contributed by atoms with E-state index in [4.69, 9.17) is 10.7 Å². The van der Waals surface area contributed by atoms with E-state index in [1.807, 2.05) is 0 Å². The molecular weight excluding hydrogens is 265 g/mol. The molecule has 0 saturated heterocycles. The maximum atomic E-state index is 13.1. The lowest BCUT2D eigenvalue weighted by molar-refractivity contribution is 0.602. The Balaban J connectivity index is 2.71. The predicted molar refractivity (Wildman–Crippen MR) is 62.7 cm³/mol. The summed E-state index contributed by atoms with van der Waals surface area (Å²) >= 11 is 0. The van der Waals surface area contributed by atoms with Crippen LogP contribution < -0.4 is 0 Å². The van der Waals surface area contributed by atoms with Crippen LogP contribution in [-0.2, 0) is 9.05 Å². The number of benzene rings is 1. The van der Waals surface area contributed by atoms with Crippen LogP contribution in [-0.4, -0.2) is 13.4 Å². The fraction of sp³-hybridized carbons (Fsp3) is 0. The normalized spacial score (nSPS) is 11.4. The molecule has 0 amide bonds. The molecule has 0 unspecified atom stereocenters. The highest BCUT2D eigenvalue weighted by Gasteiger charge is 2.17. The van der Waals surface area contributed by atoms with E-state index in [1.165, 1.54) is 24.5 Å². The van der Waals surface area contributed by atoms with Gasteiger partial charge in [-0.05, 0) is 29.8 Å². The van der Waals surface area contributed by atoms with Crippen molar-refractivity contribution in [2.24, 2.45) is 0 Å². The van der Waals surface area contributed by atoms with Crippen molar-refractivity contribution in [3.8, 4) is 11.1 Å². The van der Waals surface area contributed by atoms with Crippen LogP contribution in [0.25, 0.3) is 11.1 Å². The molecule has 0 saturated carbocycles. The Morgan fingerprint density at radius 1 is 1.12 bits per heavy atom. The van der Waals surface area contributed by atoms with Gasteiger partial charge in [0.15, 0.2) is 0 Å². The third-order valence-electron chi connectivity index (χ3n) is 2.20. The van der Waals surface area contributed by atoms with E-state index in [0.717, 1.165) is 6.07 Å². The first-order valence-electron chi connectivity index (χ1n) is 4.63. The first kappa shape index (κ1) is 12.0. The van der Waals surface area contributed by atoms with Gasteiger partial charge in [-0.1, -0.05) is 6.07 Å². The smallest absolute Gasteiger partial charge is 0.262 e. The molecule has 0 aliphatic heterocycles. The molecule has 0 aliphatic carbocycles. The lowest BCUT2D eigenvalue weighted by Crippen LogP contribution is -1.96. The number of nitrogens with zero attached hydrogens (tertiary/aromatic N) is 1. The molecule has 2 aromatic rings. The largest absolute Gasteiger partial charge is 0.265 e. The second-order valence-electron chi connectivity index (χ2n) is 3.31. The molecule has 0 fully saturated rings. The minimum Gasteiger partial charge on any atom is -0.265 e. The third-order valence-corrected chi connectivity index (χ3v) is 3.56. The van der Waals surface area contributed by atoms with E-state index in [1.54, 1.807) is 12.1 Å². The van der Waals surface area contributed by atoms with Crippen molar-refractivity contribution in [2.45, 2.75) is 4.90 Å². The van der Waals surface area contributed by atoms with Gasteiger partial charge in [0.25, 0.3) is 9.05 Å². The SMILES string of the molecule is O=S(=O)(Cl)c1cc(F)ccc1-c1ccncc1. The Morgan fingerprint density at radius 2 is 1.76 bits per heavy atom. The molecule has 0 spiro atoms. The summed E-state index contributed by atoms with van der Waals surface area (Å²) in [7, 11) is 1.28. The number of halogens is 2. The fourth-order valence-corrected chi connectivity index (χ4v) is 2.55. The number of hydrogen-bond donors (Lipinski definition) is 0. The molecule has 0 bridgehead atoms. The maximum absolute atomic E-state index is 13.1. The standard InChI is InChI=1S/C11H7ClFNO2S/c12-17(15,16)11-7-9(13)1-2-10(11)8-3-5-14-6-4-8/h1-7H. The van der Waals surface area contributed by atoms with Crippen LogP contribution in [0.2, 0.25) is 0 Å². The van der Waals surface area contributed by atoms with E-state index >= 15 is 0 Å². The highest BCUT2D eigenvalue weighted by Crippen LogP contribution is 2.29. The van der Waals surface area contributed by atoms with Crippen LogP contribution in [0.5, 0.6) is 0 Å². The van der Waals surface area contributed by atoms with E-state index < -0.39 is 14.9 Å². The van der Waals surface area contributed by atoms with Crippen molar-refractivity contribution in [1.29, 1.82) is 0 Å². The number of hydrogen-bond acceptors (Lipinski definition) is 3. The van der Waals surface area contributed by atoms with Crippen LogP contribution >= 0.6 is 10.7 Å². The molecular formula is C11H7ClFNO2S. The second kappa shape index (κ2) is 4.43. The molecule has 0 atom stereocenters. The molecule has 88 valence electrons. The molecule has 1 heterocycles. The zero-order valence-corrected chi connectivity index (χ0v) is 10.0. The van der Waals surface area contributed by atoms with Crippen molar-refractivity contribution < 1.29 is 12.8 Å². The van der Waals surface area contributed by atoms with Gasteiger partial charge in [-0.15, -0.1) is 0 Å². The fourth-order valence-electron chi connectivity index (χ4n) is 1.47. The predicted octanol–water partition coefficient (Wildman–Crippen LogP) is 2.82. The Morgan fingerprint density at radius 3 is 2.35 bits per heavy atom. The maximum Gasteiger partial charge on any atom is 0.262 e. The molecule has 0 radical (unpaired) electrons. The summed E-state index contributed by atoms with van der Waals surface area (Å²) < 4.78 is 35.8. The molecule has 3 nitrogen and oxygen atoms in total. The number of rotatable bonds is 2. The molecule has 1 aromatic carbocycles. The van der Waals surface area contributed by atoms with Gasteiger partial charge in [-0.2, -0.15) is 0 Å². The molecule has 1 aromatic heterocycles. The molecule has 0 N–H and O–H groups in total.